The van der Waals surface area contributed by atoms with E-state index >= 15 is 0 Å². The lowest BCUT2D eigenvalue weighted by molar-refractivity contribution is 0.0750. The van der Waals surface area contributed by atoms with E-state index in [1.807, 2.05) is 38.1 Å². The Hall–Kier alpha value is -2.65. The number of rotatable bonds is 7. The Kier molecular flexibility index (Phi) is 6.15. The number of hydrogen-bond donors (Lipinski definition) is 0. The van der Waals surface area contributed by atoms with E-state index in [0.717, 1.165) is 24.2 Å². The van der Waals surface area contributed by atoms with Crippen molar-refractivity contribution in [3.05, 3.63) is 48.0 Å². The summed E-state index contributed by atoms with van der Waals surface area (Å²) in [5.74, 6) is 1.16. The third-order valence-corrected chi connectivity index (χ3v) is 7.15. The van der Waals surface area contributed by atoms with Crippen LogP contribution in [-0.2, 0) is 16.6 Å². The van der Waals surface area contributed by atoms with Crippen molar-refractivity contribution in [1.82, 2.24) is 19.5 Å². The first-order valence-electron chi connectivity index (χ1n) is 10.6. The summed E-state index contributed by atoms with van der Waals surface area (Å²) >= 11 is 0. The zero-order valence-corrected chi connectivity index (χ0v) is 18.9. The van der Waals surface area contributed by atoms with Gasteiger partial charge in [0.15, 0.2) is 0 Å². The van der Waals surface area contributed by atoms with E-state index in [4.69, 9.17) is 9.57 Å². The van der Waals surface area contributed by atoms with Gasteiger partial charge in [0.2, 0.25) is 10.0 Å². The molecule has 1 aliphatic rings. The molecule has 0 amide bonds. The van der Waals surface area contributed by atoms with Gasteiger partial charge < -0.3 is 9.57 Å². The van der Waals surface area contributed by atoms with Crippen molar-refractivity contribution in [3.63, 3.8) is 0 Å². The van der Waals surface area contributed by atoms with Gasteiger partial charge in [-0.25, -0.2) is 8.42 Å². The summed E-state index contributed by atoms with van der Waals surface area (Å²) in [5.41, 5.74) is 2.03. The molecule has 166 valence electrons. The average Bonchev–Trinajstić information content (AvgIpc) is 3.15. The molecule has 0 spiro atoms. The van der Waals surface area contributed by atoms with E-state index in [1.54, 1.807) is 22.5 Å². The van der Waals surface area contributed by atoms with Gasteiger partial charge in [-0.2, -0.15) is 4.31 Å². The fraction of sp³-hybridized carbons (Fsp3) is 0.455. The van der Waals surface area contributed by atoms with E-state index in [-0.39, 0.29) is 17.6 Å². The van der Waals surface area contributed by atoms with Gasteiger partial charge in [-0.05, 0) is 73.7 Å². The highest BCUT2D eigenvalue weighted by Gasteiger charge is 2.29. The topological polar surface area (TPSA) is 86.6 Å². The van der Waals surface area contributed by atoms with Crippen LogP contribution in [0.4, 0.5) is 0 Å². The highest BCUT2D eigenvalue weighted by atomic mass is 32.2. The van der Waals surface area contributed by atoms with Crippen LogP contribution in [0.5, 0.6) is 5.75 Å². The summed E-state index contributed by atoms with van der Waals surface area (Å²) < 4.78 is 33.5. The smallest absolute Gasteiger partial charge is 0.243 e. The maximum atomic E-state index is 13.1. The molecule has 8 nitrogen and oxygen atoms in total. The largest absolute Gasteiger partial charge is 0.491 e. The minimum Gasteiger partial charge on any atom is -0.491 e. The lowest BCUT2D eigenvalue weighted by Crippen LogP contribution is -2.39. The maximum Gasteiger partial charge on any atom is 0.243 e. The molecule has 31 heavy (non-hydrogen) atoms. The zero-order valence-electron chi connectivity index (χ0n) is 18.1. The lowest BCUT2D eigenvalue weighted by Gasteiger charge is -2.30. The van der Waals surface area contributed by atoms with E-state index in [0.29, 0.717) is 30.0 Å². The number of benzene rings is 2. The van der Waals surface area contributed by atoms with Crippen molar-refractivity contribution in [2.45, 2.75) is 51.2 Å². The fourth-order valence-corrected chi connectivity index (χ4v) is 5.34. The highest BCUT2D eigenvalue weighted by Crippen LogP contribution is 2.25. The molecule has 1 fully saturated rings. The molecule has 2 heterocycles. The second-order valence-electron chi connectivity index (χ2n) is 8.31. The van der Waals surface area contributed by atoms with Gasteiger partial charge in [0.1, 0.15) is 23.4 Å². The molecular weight excluding hydrogens is 416 g/mol. The van der Waals surface area contributed by atoms with Crippen LogP contribution in [0.1, 0.15) is 39.2 Å². The Balaban J connectivity index is 1.52. The molecule has 3 aromatic rings. The van der Waals surface area contributed by atoms with Gasteiger partial charge in [0.05, 0.1) is 11.0 Å². The van der Waals surface area contributed by atoms with Crippen LogP contribution in [0.3, 0.4) is 0 Å². The van der Waals surface area contributed by atoms with Crippen LogP contribution in [-0.4, -0.2) is 47.1 Å². The van der Waals surface area contributed by atoms with E-state index in [1.165, 1.54) is 4.85 Å². The normalized spacial score (nSPS) is 17.9. The number of piperidine rings is 1. The summed E-state index contributed by atoms with van der Waals surface area (Å²) in [6.07, 6.45) is 2.05. The third kappa shape index (κ3) is 4.83. The third-order valence-electron chi connectivity index (χ3n) is 5.29. The zero-order chi connectivity index (χ0) is 22.0. The van der Waals surface area contributed by atoms with Gasteiger partial charge in [0.25, 0.3) is 0 Å². The minimum absolute atomic E-state index is 0.113. The van der Waals surface area contributed by atoms with Crippen LogP contribution in [0.15, 0.2) is 47.4 Å². The Bertz CT molecular complexity index is 1140. The molecule has 0 N–H and O–H groups in total. The number of fused-ring (bicyclic) bond motifs is 1. The maximum absolute atomic E-state index is 13.1. The molecule has 4 rings (SSSR count). The van der Waals surface area contributed by atoms with Crippen LogP contribution in [0, 0.1) is 5.92 Å². The average molecular weight is 445 g/mol. The number of ether oxygens (including phenoxy) is 1. The van der Waals surface area contributed by atoms with Crippen LogP contribution in [0.25, 0.3) is 11.0 Å². The number of nitrogens with zero attached hydrogens (tertiary/aromatic N) is 4. The summed E-state index contributed by atoms with van der Waals surface area (Å²) in [5, 5.41) is 8.11. The van der Waals surface area contributed by atoms with Gasteiger partial charge >= 0.3 is 0 Å². The predicted octanol–water partition coefficient (Wildman–Crippen LogP) is 3.27. The Morgan fingerprint density at radius 1 is 1.16 bits per heavy atom. The van der Waals surface area contributed by atoms with Crippen LogP contribution >= 0.6 is 0 Å². The first-order valence-corrected chi connectivity index (χ1v) is 12.0. The first kappa shape index (κ1) is 21.6. The molecule has 1 aliphatic heterocycles. The molecule has 1 atom stereocenters. The SMILES string of the molecule is CC1CCCN(S(=O)(=O)c2ccc3nnn(OCc4ccc(OC(C)C)cc4)c3c2)C1. The molecule has 1 saturated heterocycles. The first-order chi connectivity index (χ1) is 14.8. The van der Waals surface area contributed by atoms with Crippen molar-refractivity contribution >= 4 is 21.1 Å². The van der Waals surface area contributed by atoms with Crippen molar-refractivity contribution in [1.29, 1.82) is 0 Å². The fourth-order valence-electron chi connectivity index (χ4n) is 3.72. The summed E-state index contributed by atoms with van der Waals surface area (Å²) in [6, 6.07) is 12.5. The summed E-state index contributed by atoms with van der Waals surface area (Å²) in [6.45, 7) is 7.40. The van der Waals surface area contributed by atoms with Crippen molar-refractivity contribution in [2.75, 3.05) is 13.1 Å². The molecule has 0 saturated carbocycles. The molecule has 1 aromatic heterocycles. The van der Waals surface area contributed by atoms with Gasteiger partial charge in [-0.15, -0.1) is 5.10 Å². The molecule has 1 unspecified atom stereocenters. The number of hydrogen-bond acceptors (Lipinski definition) is 6. The van der Waals surface area contributed by atoms with Gasteiger partial charge in [0, 0.05) is 13.1 Å². The monoisotopic (exact) mass is 444 g/mol. The van der Waals surface area contributed by atoms with Crippen LogP contribution < -0.4 is 9.57 Å². The molecule has 9 heteroatoms. The highest BCUT2D eigenvalue weighted by molar-refractivity contribution is 7.89. The van der Waals surface area contributed by atoms with Crippen molar-refractivity contribution in [2.24, 2.45) is 5.92 Å². The standard InChI is InChI=1S/C22H28N4O4S/c1-16(2)30-19-8-6-18(7-9-19)15-29-26-22-13-20(10-11-21(22)23-24-26)31(27,28)25-12-4-5-17(3)14-25/h6-11,13,16-17H,4-5,12,14-15H2,1-3H3. The predicted molar refractivity (Wildman–Crippen MR) is 117 cm³/mol. The Labute approximate surface area is 182 Å². The Morgan fingerprint density at radius 3 is 2.65 bits per heavy atom. The van der Waals surface area contributed by atoms with Gasteiger partial charge in [-0.1, -0.05) is 23.9 Å². The van der Waals surface area contributed by atoms with Crippen molar-refractivity contribution in [3.8, 4) is 5.75 Å². The quantitative estimate of drug-likeness (QED) is 0.556. The lowest BCUT2D eigenvalue weighted by atomic mass is 10.0. The second-order valence-corrected chi connectivity index (χ2v) is 10.2. The summed E-state index contributed by atoms with van der Waals surface area (Å²) in [4.78, 5) is 7.31. The van der Waals surface area contributed by atoms with E-state index < -0.39 is 10.0 Å². The van der Waals surface area contributed by atoms with E-state index in [9.17, 15) is 8.42 Å². The molecule has 0 bridgehead atoms. The summed E-state index contributed by atoms with van der Waals surface area (Å²) in [7, 11) is -3.57. The minimum atomic E-state index is -3.57. The van der Waals surface area contributed by atoms with E-state index in [2.05, 4.69) is 17.2 Å². The Morgan fingerprint density at radius 2 is 1.94 bits per heavy atom. The number of aromatic nitrogens is 3. The van der Waals surface area contributed by atoms with Crippen molar-refractivity contribution < 1.29 is 18.0 Å². The molecular formula is C22H28N4O4S. The molecule has 0 radical (unpaired) electrons. The second kappa shape index (κ2) is 8.84. The molecule has 0 aliphatic carbocycles. The number of sulfonamides is 1. The van der Waals surface area contributed by atoms with Gasteiger partial charge in [-0.3, -0.25) is 0 Å². The van der Waals surface area contributed by atoms with Crippen LogP contribution in [0.2, 0.25) is 0 Å². The molecule has 2 aromatic carbocycles.